The van der Waals surface area contributed by atoms with Gasteiger partial charge in [0.05, 0.1) is 11.4 Å². The zero-order valence-electron chi connectivity index (χ0n) is 25.8. The maximum atomic E-state index is 4.81. The third-order valence-electron chi connectivity index (χ3n) is 8.34. The minimum atomic E-state index is 0.874. The first kappa shape index (κ1) is 28.8. The Balaban J connectivity index is 1.48. The second-order valence-electron chi connectivity index (χ2n) is 11.3. The molecule has 0 atom stereocenters. The van der Waals surface area contributed by atoms with Crippen molar-refractivity contribution in [1.82, 2.24) is 29.9 Å². The summed E-state index contributed by atoms with van der Waals surface area (Å²) in [5.41, 5.74) is 13.9. The second-order valence-corrected chi connectivity index (χ2v) is 11.3. The van der Waals surface area contributed by atoms with Crippen LogP contribution < -0.4 is 0 Å². The molecule has 0 spiro atoms. The molecule has 0 radical (unpaired) electrons. The van der Waals surface area contributed by atoms with Crippen LogP contribution in [-0.2, 0) is 0 Å². The van der Waals surface area contributed by atoms with Gasteiger partial charge in [-0.25, -0.2) is 0 Å². The van der Waals surface area contributed by atoms with Gasteiger partial charge in [0.2, 0.25) is 0 Å². The summed E-state index contributed by atoms with van der Waals surface area (Å²) < 4.78 is 0. The monoisotopic (exact) mass is 616 g/mol. The highest BCUT2D eigenvalue weighted by atomic mass is 14.7. The number of pyridine rings is 6. The van der Waals surface area contributed by atoms with Crippen LogP contribution in [0, 0.1) is 0 Å². The molecule has 0 aliphatic carbocycles. The van der Waals surface area contributed by atoms with Crippen molar-refractivity contribution in [2.75, 3.05) is 0 Å². The van der Waals surface area contributed by atoms with E-state index in [1.165, 1.54) is 0 Å². The summed E-state index contributed by atoms with van der Waals surface area (Å²) in [4.78, 5) is 27.6. The maximum Gasteiger partial charge on any atom is 0.0714 e. The molecule has 8 rings (SSSR count). The highest BCUT2D eigenvalue weighted by molar-refractivity contribution is 6.00. The van der Waals surface area contributed by atoms with Gasteiger partial charge >= 0.3 is 0 Å². The molecule has 0 aliphatic rings. The summed E-state index contributed by atoms with van der Waals surface area (Å²) in [7, 11) is 0. The molecule has 0 N–H and O–H groups in total. The predicted octanol–water partition coefficient (Wildman–Crippen LogP) is 9.73. The van der Waals surface area contributed by atoms with Crippen LogP contribution in [0.1, 0.15) is 0 Å². The van der Waals surface area contributed by atoms with Gasteiger partial charge in [0.25, 0.3) is 0 Å². The summed E-state index contributed by atoms with van der Waals surface area (Å²) in [5, 5.41) is 0. The summed E-state index contributed by atoms with van der Waals surface area (Å²) in [6.07, 6.45) is 18.5. The molecule has 6 heteroatoms. The largest absolute Gasteiger partial charge is 0.264 e. The van der Waals surface area contributed by atoms with Gasteiger partial charge in [-0.3, -0.25) is 29.9 Å². The molecule has 0 amide bonds. The van der Waals surface area contributed by atoms with Crippen LogP contribution in [0.4, 0.5) is 0 Å². The quantitative estimate of drug-likeness (QED) is 0.177. The van der Waals surface area contributed by atoms with Gasteiger partial charge in [0.1, 0.15) is 0 Å². The average Bonchev–Trinajstić information content (AvgIpc) is 3.19. The normalized spacial score (nSPS) is 10.9. The minimum absolute atomic E-state index is 0.874. The van der Waals surface area contributed by atoms with Crippen LogP contribution in [0.3, 0.4) is 0 Å². The minimum Gasteiger partial charge on any atom is -0.264 e. The van der Waals surface area contributed by atoms with Crippen molar-refractivity contribution in [2.24, 2.45) is 0 Å². The zero-order valence-corrected chi connectivity index (χ0v) is 25.8. The average molecular weight is 617 g/mol. The first-order valence-electron chi connectivity index (χ1n) is 15.6. The second kappa shape index (κ2) is 13.0. The third kappa shape index (κ3) is 5.63. The summed E-state index contributed by atoms with van der Waals surface area (Å²) in [6, 6.07) is 37.3. The maximum absolute atomic E-state index is 4.81. The van der Waals surface area contributed by atoms with Crippen molar-refractivity contribution in [2.45, 2.75) is 0 Å². The van der Waals surface area contributed by atoms with E-state index in [1.54, 1.807) is 24.8 Å². The Morgan fingerprint density at radius 1 is 0.292 bits per heavy atom. The van der Waals surface area contributed by atoms with Crippen molar-refractivity contribution in [3.8, 4) is 78.1 Å². The molecule has 0 aliphatic heterocycles. The van der Waals surface area contributed by atoms with Crippen molar-refractivity contribution >= 4 is 0 Å². The number of rotatable bonds is 7. The van der Waals surface area contributed by atoms with Gasteiger partial charge in [-0.1, -0.05) is 36.4 Å². The van der Waals surface area contributed by atoms with E-state index in [2.05, 4.69) is 80.6 Å². The van der Waals surface area contributed by atoms with Crippen molar-refractivity contribution in [1.29, 1.82) is 0 Å². The van der Waals surface area contributed by atoms with Crippen molar-refractivity contribution in [3.63, 3.8) is 0 Å². The number of aromatic nitrogens is 6. The molecule has 8 aromatic rings. The van der Waals surface area contributed by atoms with Crippen LogP contribution >= 0.6 is 0 Å². The molecular formula is C42H28N6. The molecule has 0 fully saturated rings. The van der Waals surface area contributed by atoms with Crippen LogP contribution in [0.2, 0.25) is 0 Å². The molecule has 0 saturated heterocycles. The van der Waals surface area contributed by atoms with Crippen LogP contribution in [0.5, 0.6) is 0 Å². The molecule has 48 heavy (non-hydrogen) atoms. The molecule has 0 saturated carbocycles. The predicted molar refractivity (Wildman–Crippen MR) is 191 cm³/mol. The number of hydrogen-bond donors (Lipinski definition) is 0. The Kier molecular flexibility index (Phi) is 7.79. The molecule has 226 valence electrons. The van der Waals surface area contributed by atoms with Crippen LogP contribution in [0.15, 0.2) is 171 Å². The number of nitrogens with zero attached hydrogens (tertiary/aromatic N) is 6. The highest BCUT2D eigenvalue weighted by Gasteiger charge is 2.22. The summed E-state index contributed by atoms with van der Waals surface area (Å²) >= 11 is 0. The standard InChI is InChI=1S/C42H28N6/c1-3-19-47-39(13-1)41-35(29-9-5-15-43-25-29)21-33(22-36(41)30-10-6-16-44-26-30)34-23-37(31-11-7-17-45-27-31)42(40-14-2-4-20-48-40)38(24-34)32-12-8-18-46-28-32/h1-28H. The Morgan fingerprint density at radius 3 is 0.875 bits per heavy atom. The Hall–Kier alpha value is -6.66. The number of hydrogen-bond acceptors (Lipinski definition) is 6. The van der Waals surface area contributed by atoms with E-state index < -0.39 is 0 Å². The van der Waals surface area contributed by atoms with E-state index in [1.807, 2.05) is 85.7 Å². The summed E-state index contributed by atoms with van der Waals surface area (Å²) in [5.74, 6) is 0. The molecule has 0 unspecified atom stereocenters. The van der Waals surface area contributed by atoms with Crippen LogP contribution in [-0.4, -0.2) is 29.9 Å². The van der Waals surface area contributed by atoms with Gasteiger partial charge in [-0.15, -0.1) is 0 Å². The van der Waals surface area contributed by atoms with E-state index >= 15 is 0 Å². The van der Waals surface area contributed by atoms with Crippen molar-refractivity contribution in [3.05, 3.63) is 171 Å². The Bertz CT molecular complexity index is 2010. The fourth-order valence-corrected chi connectivity index (χ4v) is 6.19. The van der Waals surface area contributed by atoms with Gasteiger partial charge in [-0.2, -0.15) is 0 Å². The smallest absolute Gasteiger partial charge is 0.0714 e. The van der Waals surface area contributed by atoms with E-state index in [4.69, 9.17) is 9.97 Å². The van der Waals surface area contributed by atoms with Gasteiger partial charge in [0, 0.05) is 95.3 Å². The highest BCUT2D eigenvalue weighted by Crippen LogP contribution is 2.46. The van der Waals surface area contributed by atoms with Crippen LogP contribution in [0.25, 0.3) is 78.1 Å². The Morgan fingerprint density at radius 2 is 0.625 bits per heavy atom. The lowest BCUT2D eigenvalue weighted by atomic mass is 9.84. The SMILES string of the molecule is c1ccc(-c2c(-c3cccnc3)cc(-c3cc(-c4cccnc4)c(-c4ccccn4)c(-c4cccnc4)c3)cc2-c2cccnc2)nc1. The zero-order chi connectivity index (χ0) is 32.1. The van der Waals surface area contributed by atoms with E-state index in [0.29, 0.717) is 0 Å². The first-order chi connectivity index (χ1) is 23.8. The van der Waals surface area contributed by atoms with Gasteiger partial charge in [-0.05, 0) is 106 Å². The topological polar surface area (TPSA) is 77.3 Å². The fourth-order valence-electron chi connectivity index (χ4n) is 6.19. The molecule has 6 aromatic heterocycles. The van der Waals surface area contributed by atoms with Gasteiger partial charge in [0.15, 0.2) is 0 Å². The van der Waals surface area contributed by atoms with Gasteiger partial charge < -0.3 is 0 Å². The lowest BCUT2D eigenvalue weighted by Crippen LogP contribution is -1.97. The molecule has 6 nitrogen and oxygen atoms in total. The van der Waals surface area contributed by atoms with E-state index in [9.17, 15) is 0 Å². The molecular weight excluding hydrogens is 589 g/mol. The third-order valence-corrected chi connectivity index (χ3v) is 8.34. The van der Waals surface area contributed by atoms with Crippen molar-refractivity contribution < 1.29 is 0 Å². The Labute approximate surface area is 278 Å². The summed E-state index contributed by atoms with van der Waals surface area (Å²) in [6.45, 7) is 0. The van der Waals surface area contributed by atoms with E-state index in [-0.39, 0.29) is 0 Å². The lowest BCUT2D eigenvalue weighted by molar-refractivity contribution is 1.30. The van der Waals surface area contributed by atoms with E-state index in [0.717, 1.165) is 78.1 Å². The molecule has 2 aromatic carbocycles. The molecule has 6 heterocycles. The number of benzene rings is 2. The first-order valence-corrected chi connectivity index (χ1v) is 15.6. The lowest BCUT2D eigenvalue weighted by Gasteiger charge is -2.21. The molecule has 0 bridgehead atoms. The fraction of sp³-hybridized carbons (Fsp3) is 0.